The number of hydrogen-bond donors (Lipinski definition) is 0. The molecular weight excluding hydrogens is 269 g/mol. The smallest absolute Gasteiger partial charge is 0.261 e. The van der Waals surface area contributed by atoms with Crippen molar-refractivity contribution in [1.82, 2.24) is 14.5 Å². The van der Waals surface area contributed by atoms with Gasteiger partial charge in [-0.05, 0) is 5.56 Å². The molecule has 5 heteroatoms. The molecule has 1 aliphatic heterocycles. The van der Waals surface area contributed by atoms with Crippen molar-refractivity contribution in [3.05, 3.63) is 54.1 Å². The van der Waals surface area contributed by atoms with Gasteiger partial charge in [-0.2, -0.15) is 0 Å². The molecule has 1 fully saturated rings. The molecule has 4 rings (SSSR count). The standard InChI is InChI=1S/C16H16FN3O/c17-16(8-14(16)12-4-2-1-3-5-12)15(21)19-6-7-20-11-18-9-13(20)10-19/h1-5,9,11,14H,6-8,10H2/t14-,16-/m0/s1. The normalized spacial score (nSPS) is 27.3. The molecule has 0 unspecified atom stereocenters. The molecule has 0 radical (unpaired) electrons. The van der Waals surface area contributed by atoms with Crippen molar-refractivity contribution in [3.8, 4) is 0 Å². The Labute approximate surface area is 122 Å². The van der Waals surface area contributed by atoms with E-state index in [4.69, 9.17) is 0 Å². The highest BCUT2D eigenvalue weighted by Crippen LogP contribution is 2.55. The van der Waals surface area contributed by atoms with Gasteiger partial charge in [-0.1, -0.05) is 30.3 Å². The second kappa shape index (κ2) is 4.41. The molecule has 0 bridgehead atoms. The zero-order valence-electron chi connectivity index (χ0n) is 11.6. The first-order chi connectivity index (χ1) is 10.2. The van der Waals surface area contributed by atoms with Crippen LogP contribution in [0.1, 0.15) is 23.6 Å². The van der Waals surface area contributed by atoms with Crippen molar-refractivity contribution in [3.63, 3.8) is 0 Å². The van der Waals surface area contributed by atoms with Gasteiger partial charge in [0.15, 0.2) is 5.67 Å². The Bertz CT molecular complexity index is 684. The van der Waals surface area contributed by atoms with Crippen LogP contribution in [0.25, 0.3) is 0 Å². The summed E-state index contributed by atoms with van der Waals surface area (Å²) in [6.07, 6.45) is 3.80. The Balaban J connectivity index is 1.52. The van der Waals surface area contributed by atoms with Crippen LogP contribution in [0.15, 0.2) is 42.9 Å². The molecule has 1 aromatic carbocycles. The monoisotopic (exact) mass is 285 g/mol. The minimum Gasteiger partial charge on any atom is -0.332 e. The molecule has 1 aliphatic carbocycles. The highest BCUT2D eigenvalue weighted by atomic mass is 19.1. The number of fused-ring (bicyclic) bond motifs is 1. The third kappa shape index (κ3) is 1.95. The van der Waals surface area contributed by atoms with E-state index >= 15 is 0 Å². The Hall–Kier alpha value is -2.17. The summed E-state index contributed by atoms with van der Waals surface area (Å²) < 4.78 is 16.9. The summed E-state index contributed by atoms with van der Waals surface area (Å²) in [5.41, 5.74) is 0.161. The zero-order valence-corrected chi connectivity index (χ0v) is 11.6. The second-order valence-electron chi connectivity index (χ2n) is 5.83. The van der Waals surface area contributed by atoms with Gasteiger partial charge >= 0.3 is 0 Å². The molecule has 2 aromatic rings. The lowest BCUT2D eigenvalue weighted by atomic mass is 10.1. The number of aromatic nitrogens is 2. The molecule has 21 heavy (non-hydrogen) atoms. The van der Waals surface area contributed by atoms with Crippen LogP contribution < -0.4 is 0 Å². The van der Waals surface area contributed by atoms with E-state index in [1.807, 2.05) is 34.9 Å². The molecule has 1 saturated carbocycles. The quantitative estimate of drug-likeness (QED) is 0.847. The van der Waals surface area contributed by atoms with E-state index in [2.05, 4.69) is 4.98 Å². The average molecular weight is 285 g/mol. The van der Waals surface area contributed by atoms with E-state index in [0.717, 1.165) is 11.3 Å². The first kappa shape index (κ1) is 12.6. The lowest BCUT2D eigenvalue weighted by Crippen LogP contribution is -2.43. The number of alkyl halides is 1. The van der Waals surface area contributed by atoms with Crippen LogP contribution in [0.3, 0.4) is 0 Å². The molecule has 2 aliphatic rings. The van der Waals surface area contributed by atoms with E-state index in [9.17, 15) is 9.18 Å². The number of hydrogen-bond acceptors (Lipinski definition) is 2. The van der Waals surface area contributed by atoms with Gasteiger partial charge in [-0.15, -0.1) is 0 Å². The van der Waals surface area contributed by atoms with E-state index in [1.165, 1.54) is 0 Å². The molecular formula is C16H16FN3O. The van der Waals surface area contributed by atoms with Gasteiger partial charge in [-0.3, -0.25) is 4.79 Å². The Kier molecular flexibility index (Phi) is 2.64. The van der Waals surface area contributed by atoms with Crippen LogP contribution >= 0.6 is 0 Å². The highest BCUT2D eigenvalue weighted by molar-refractivity contribution is 5.90. The zero-order chi connectivity index (χ0) is 14.4. The van der Waals surface area contributed by atoms with Crippen molar-refractivity contribution in [2.24, 2.45) is 0 Å². The number of carbonyl (C=O) groups is 1. The average Bonchev–Trinajstić information content (AvgIpc) is 3.01. The summed E-state index contributed by atoms with van der Waals surface area (Å²) >= 11 is 0. The van der Waals surface area contributed by atoms with Crippen LogP contribution in [0.2, 0.25) is 0 Å². The maximum atomic E-state index is 14.9. The van der Waals surface area contributed by atoms with Gasteiger partial charge in [0.2, 0.25) is 0 Å². The SMILES string of the molecule is O=C(N1CCn2cncc2C1)[C@]1(F)C[C@H]1c1ccccc1. The summed E-state index contributed by atoms with van der Waals surface area (Å²) in [4.78, 5) is 18.2. The number of amides is 1. The molecule has 2 atom stereocenters. The van der Waals surface area contributed by atoms with Crippen molar-refractivity contribution in [2.75, 3.05) is 6.54 Å². The summed E-state index contributed by atoms with van der Waals surface area (Å²) in [6.45, 7) is 1.69. The minimum absolute atomic E-state index is 0.293. The van der Waals surface area contributed by atoms with Crippen molar-refractivity contribution in [2.45, 2.75) is 31.1 Å². The highest BCUT2D eigenvalue weighted by Gasteiger charge is 2.63. The second-order valence-corrected chi connectivity index (χ2v) is 5.83. The summed E-state index contributed by atoms with van der Waals surface area (Å²) in [5, 5.41) is 0. The number of halogens is 1. The molecule has 0 spiro atoms. The lowest BCUT2D eigenvalue weighted by molar-refractivity contribution is -0.140. The molecule has 2 heterocycles. The predicted molar refractivity (Wildman–Crippen MR) is 75.3 cm³/mol. The lowest BCUT2D eigenvalue weighted by Gasteiger charge is -2.29. The maximum absolute atomic E-state index is 14.9. The molecule has 108 valence electrons. The fraction of sp³-hybridized carbons (Fsp3) is 0.375. The van der Waals surface area contributed by atoms with E-state index in [1.54, 1.807) is 17.4 Å². The van der Waals surface area contributed by atoms with Gasteiger partial charge in [0.25, 0.3) is 5.91 Å². The van der Waals surface area contributed by atoms with Gasteiger partial charge in [0.1, 0.15) is 0 Å². The molecule has 0 N–H and O–H groups in total. The van der Waals surface area contributed by atoms with E-state index in [0.29, 0.717) is 26.1 Å². The number of imidazole rings is 1. The number of nitrogens with zero attached hydrogens (tertiary/aromatic N) is 3. The van der Waals surface area contributed by atoms with Crippen LogP contribution in [-0.4, -0.2) is 32.6 Å². The number of benzene rings is 1. The molecule has 1 aromatic heterocycles. The molecule has 1 amide bonds. The van der Waals surface area contributed by atoms with Crippen molar-refractivity contribution >= 4 is 5.91 Å². The van der Waals surface area contributed by atoms with E-state index < -0.39 is 5.67 Å². The molecule has 4 nitrogen and oxygen atoms in total. The maximum Gasteiger partial charge on any atom is 0.261 e. The van der Waals surface area contributed by atoms with Gasteiger partial charge in [-0.25, -0.2) is 9.37 Å². The van der Waals surface area contributed by atoms with Crippen LogP contribution in [0, 0.1) is 0 Å². The Morgan fingerprint density at radius 1 is 1.29 bits per heavy atom. The fourth-order valence-corrected chi connectivity index (χ4v) is 3.16. The first-order valence-electron chi connectivity index (χ1n) is 7.21. The fourth-order valence-electron chi connectivity index (χ4n) is 3.16. The van der Waals surface area contributed by atoms with Crippen molar-refractivity contribution in [1.29, 1.82) is 0 Å². The topological polar surface area (TPSA) is 38.1 Å². The van der Waals surface area contributed by atoms with Gasteiger partial charge in [0, 0.05) is 31.6 Å². The first-order valence-corrected chi connectivity index (χ1v) is 7.21. The molecule has 0 saturated heterocycles. The largest absolute Gasteiger partial charge is 0.332 e. The third-order valence-corrected chi connectivity index (χ3v) is 4.50. The van der Waals surface area contributed by atoms with Gasteiger partial charge in [0.05, 0.1) is 18.6 Å². The number of rotatable bonds is 2. The van der Waals surface area contributed by atoms with Crippen LogP contribution in [0.5, 0.6) is 0 Å². The number of carbonyl (C=O) groups excluding carboxylic acids is 1. The summed E-state index contributed by atoms with van der Waals surface area (Å²) in [5.74, 6) is -0.665. The van der Waals surface area contributed by atoms with Gasteiger partial charge < -0.3 is 9.47 Å². The van der Waals surface area contributed by atoms with Crippen molar-refractivity contribution < 1.29 is 9.18 Å². The predicted octanol–water partition coefficient (Wildman–Crippen LogP) is 2.12. The summed E-state index contributed by atoms with van der Waals surface area (Å²) in [7, 11) is 0. The van der Waals surface area contributed by atoms with Crippen LogP contribution in [0.4, 0.5) is 4.39 Å². The third-order valence-electron chi connectivity index (χ3n) is 4.50. The minimum atomic E-state index is -1.72. The van der Waals surface area contributed by atoms with Crippen LogP contribution in [-0.2, 0) is 17.9 Å². The Morgan fingerprint density at radius 2 is 2.10 bits per heavy atom. The summed E-state index contributed by atoms with van der Waals surface area (Å²) in [6, 6.07) is 9.46. The van der Waals surface area contributed by atoms with E-state index in [-0.39, 0.29) is 11.8 Å². The Morgan fingerprint density at radius 3 is 2.90 bits per heavy atom.